The van der Waals surface area contributed by atoms with Gasteiger partial charge in [-0.25, -0.2) is 4.98 Å². The molecule has 1 aromatic carbocycles. The highest BCUT2D eigenvalue weighted by molar-refractivity contribution is 5.84. The van der Waals surface area contributed by atoms with Gasteiger partial charge in [0.15, 0.2) is 0 Å². The molecule has 94 valence electrons. The van der Waals surface area contributed by atoms with E-state index in [0.29, 0.717) is 0 Å². The molecular formula is C16H20N2. The summed E-state index contributed by atoms with van der Waals surface area (Å²) in [6.45, 7) is 3.17. The lowest BCUT2D eigenvalue weighted by Gasteiger charge is -2.17. The number of pyridine rings is 1. The lowest BCUT2D eigenvalue weighted by atomic mass is 9.90. The first kappa shape index (κ1) is 11.5. The summed E-state index contributed by atoms with van der Waals surface area (Å²) in [6, 6.07) is 8.79. The van der Waals surface area contributed by atoms with Gasteiger partial charge in [-0.3, -0.25) is 0 Å². The molecule has 1 aliphatic carbocycles. The number of nitrogens with zero attached hydrogens (tertiary/aromatic N) is 1. The standard InChI is InChI=1S/C16H20N2/c1-2-11-17-15-10-9-13-8-7-12-5-3-4-6-14(12)16(13)18-15/h7-10H,2-6,11H2,1H3,(H,17,18). The molecule has 18 heavy (non-hydrogen) atoms. The molecule has 0 unspecified atom stereocenters. The SMILES string of the molecule is CCCNc1ccc2ccc3c(c2n1)CCCC3. The average Bonchev–Trinajstić information content (AvgIpc) is 2.45. The lowest BCUT2D eigenvalue weighted by Crippen LogP contribution is -2.06. The van der Waals surface area contributed by atoms with E-state index in [2.05, 4.69) is 36.5 Å². The first-order chi connectivity index (χ1) is 8.88. The Hall–Kier alpha value is -1.57. The van der Waals surface area contributed by atoms with Gasteiger partial charge in [0.05, 0.1) is 5.52 Å². The maximum absolute atomic E-state index is 4.81. The van der Waals surface area contributed by atoms with Crippen molar-refractivity contribution in [2.45, 2.75) is 39.0 Å². The van der Waals surface area contributed by atoms with Crippen LogP contribution in [0.4, 0.5) is 5.82 Å². The molecule has 3 rings (SSSR count). The van der Waals surface area contributed by atoms with Crippen molar-refractivity contribution >= 4 is 16.7 Å². The van der Waals surface area contributed by atoms with Crippen molar-refractivity contribution in [1.29, 1.82) is 0 Å². The van der Waals surface area contributed by atoms with Gasteiger partial charge < -0.3 is 5.32 Å². The summed E-state index contributed by atoms with van der Waals surface area (Å²) in [5.41, 5.74) is 4.21. The number of aromatic nitrogens is 1. The Labute approximate surface area is 108 Å². The number of nitrogens with one attached hydrogen (secondary N) is 1. The Morgan fingerprint density at radius 1 is 1.11 bits per heavy atom. The summed E-state index contributed by atoms with van der Waals surface area (Å²) in [6.07, 6.45) is 6.18. The summed E-state index contributed by atoms with van der Waals surface area (Å²) in [4.78, 5) is 4.81. The molecule has 2 aromatic rings. The predicted molar refractivity (Wildman–Crippen MR) is 77.2 cm³/mol. The first-order valence-corrected chi connectivity index (χ1v) is 7.04. The zero-order chi connectivity index (χ0) is 12.4. The van der Waals surface area contributed by atoms with Crippen LogP contribution in [0, 0.1) is 0 Å². The largest absolute Gasteiger partial charge is 0.370 e. The van der Waals surface area contributed by atoms with Crippen molar-refractivity contribution in [1.82, 2.24) is 4.98 Å². The minimum absolute atomic E-state index is 0.994. The van der Waals surface area contributed by atoms with Crippen LogP contribution in [-0.4, -0.2) is 11.5 Å². The van der Waals surface area contributed by atoms with Gasteiger partial charge in [-0.2, -0.15) is 0 Å². The molecule has 0 saturated heterocycles. The van der Waals surface area contributed by atoms with E-state index in [1.54, 1.807) is 0 Å². The maximum atomic E-state index is 4.81. The molecule has 0 saturated carbocycles. The van der Waals surface area contributed by atoms with Gasteiger partial charge in [0.2, 0.25) is 0 Å². The smallest absolute Gasteiger partial charge is 0.126 e. The third-order valence-electron chi connectivity index (χ3n) is 3.74. The number of hydrogen-bond donors (Lipinski definition) is 1. The molecule has 1 heterocycles. The molecule has 0 aliphatic heterocycles. The fraction of sp³-hybridized carbons (Fsp3) is 0.438. The number of hydrogen-bond acceptors (Lipinski definition) is 2. The minimum Gasteiger partial charge on any atom is -0.370 e. The molecule has 0 atom stereocenters. The molecule has 1 aromatic heterocycles. The van der Waals surface area contributed by atoms with E-state index in [1.807, 2.05) is 0 Å². The van der Waals surface area contributed by atoms with Crippen molar-refractivity contribution in [3.05, 3.63) is 35.4 Å². The molecule has 2 heteroatoms. The summed E-state index contributed by atoms with van der Waals surface area (Å²) in [7, 11) is 0. The molecule has 1 N–H and O–H groups in total. The van der Waals surface area contributed by atoms with Gasteiger partial charge in [0, 0.05) is 11.9 Å². The topological polar surface area (TPSA) is 24.9 Å². The molecule has 2 nitrogen and oxygen atoms in total. The van der Waals surface area contributed by atoms with Crippen LogP contribution in [0.25, 0.3) is 10.9 Å². The molecular weight excluding hydrogens is 220 g/mol. The van der Waals surface area contributed by atoms with Crippen LogP contribution in [0.1, 0.15) is 37.3 Å². The van der Waals surface area contributed by atoms with E-state index in [1.165, 1.54) is 47.7 Å². The van der Waals surface area contributed by atoms with Gasteiger partial charge in [-0.05, 0) is 55.4 Å². The molecule has 0 spiro atoms. The summed E-state index contributed by atoms with van der Waals surface area (Å²) in [5.74, 6) is 1.02. The van der Waals surface area contributed by atoms with E-state index in [0.717, 1.165) is 18.8 Å². The van der Waals surface area contributed by atoms with E-state index < -0.39 is 0 Å². The van der Waals surface area contributed by atoms with Crippen LogP contribution in [0.3, 0.4) is 0 Å². The number of rotatable bonds is 3. The van der Waals surface area contributed by atoms with Crippen LogP contribution >= 0.6 is 0 Å². The molecule has 1 aliphatic rings. The molecule has 0 bridgehead atoms. The van der Waals surface area contributed by atoms with Crippen LogP contribution in [0.2, 0.25) is 0 Å². The van der Waals surface area contributed by atoms with Crippen LogP contribution in [-0.2, 0) is 12.8 Å². The average molecular weight is 240 g/mol. The third-order valence-corrected chi connectivity index (χ3v) is 3.74. The molecule has 0 amide bonds. The van der Waals surface area contributed by atoms with Gasteiger partial charge in [-0.1, -0.05) is 19.1 Å². The van der Waals surface area contributed by atoms with Crippen LogP contribution in [0.5, 0.6) is 0 Å². The summed E-state index contributed by atoms with van der Waals surface area (Å²) >= 11 is 0. The highest BCUT2D eigenvalue weighted by Gasteiger charge is 2.13. The number of aryl methyl sites for hydroxylation is 2. The van der Waals surface area contributed by atoms with Gasteiger partial charge >= 0.3 is 0 Å². The lowest BCUT2D eigenvalue weighted by molar-refractivity contribution is 0.689. The Balaban J connectivity index is 2.06. The maximum Gasteiger partial charge on any atom is 0.126 e. The summed E-state index contributed by atoms with van der Waals surface area (Å²) in [5, 5.41) is 4.66. The van der Waals surface area contributed by atoms with Crippen molar-refractivity contribution in [3.63, 3.8) is 0 Å². The summed E-state index contributed by atoms with van der Waals surface area (Å²) < 4.78 is 0. The quantitative estimate of drug-likeness (QED) is 0.879. The van der Waals surface area contributed by atoms with E-state index in [9.17, 15) is 0 Å². The van der Waals surface area contributed by atoms with Crippen molar-refractivity contribution in [3.8, 4) is 0 Å². The Morgan fingerprint density at radius 2 is 1.94 bits per heavy atom. The van der Waals surface area contributed by atoms with Gasteiger partial charge in [-0.15, -0.1) is 0 Å². The fourth-order valence-electron chi connectivity index (χ4n) is 2.77. The second-order valence-electron chi connectivity index (χ2n) is 5.11. The monoisotopic (exact) mass is 240 g/mol. The normalized spacial score (nSPS) is 14.5. The van der Waals surface area contributed by atoms with Crippen LogP contribution < -0.4 is 5.32 Å². The highest BCUT2D eigenvalue weighted by Crippen LogP contribution is 2.28. The van der Waals surface area contributed by atoms with Crippen molar-refractivity contribution in [2.75, 3.05) is 11.9 Å². The highest BCUT2D eigenvalue weighted by atomic mass is 15.0. The van der Waals surface area contributed by atoms with E-state index in [4.69, 9.17) is 4.98 Å². The van der Waals surface area contributed by atoms with Gasteiger partial charge in [0.25, 0.3) is 0 Å². The van der Waals surface area contributed by atoms with Gasteiger partial charge in [0.1, 0.15) is 5.82 Å². The van der Waals surface area contributed by atoms with Crippen molar-refractivity contribution < 1.29 is 0 Å². The van der Waals surface area contributed by atoms with Crippen molar-refractivity contribution in [2.24, 2.45) is 0 Å². The zero-order valence-electron chi connectivity index (χ0n) is 11.0. The predicted octanol–water partition coefficient (Wildman–Crippen LogP) is 3.94. The molecule has 0 radical (unpaired) electrons. The first-order valence-electron chi connectivity index (χ1n) is 7.04. The Bertz CT molecular complexity index is 560. The second-order valence-corrected chi connectivity index (χ2v) is 5.11. The van der Waals surface area contributed by atoms with Crippen LogP contribution in [0.15, 0.2) is 24.3 Å². The molecule has 0 fully saturated rings. The third kappa shape index (κ3) is 2.07. The number of benzene rings is 1. The zero-order valence-corrected chi connectivity index (χ0v) is 11.0. The fourth-order valence-corrected chi connectivity index (χ4v) is 2.77. The number of fused-ring (bicyclic) bond motifs is 3. The number of anilines is 1. The Morgan fingerprint density at radius 3 is 2.83 bits per heavy atom. The second kappa shape index (κ2) is 4.97. The van der Waals surface area contributed by atoms with E-state index in [-0.39, 0.29) is 0 Å². The Kier molecular flexibility index (Phi) is 3.18. The minimum atomic E-state index is 0.994. The van der Waals surface area contributed by atoms with E-state index >= 15 is 0 Å².